The van der Waals surface area contributed by atoms with Crippen LogP contribution in [0, 0.1) is 27.7 Å². The summed E-state index contributed by atoms with van der Waals surface area (Å²) in [6.07, 6.45) is 1.43. The number of nitrogens with one attached hydrogen (secondary N) is 1. The summed E-state index contributed by atoms with van der Waals surface area (Å²) < 4.78 is 26.6. The van der Waals surface area contributed by atoms with Crippen LogP contribution in [0.5, 0.6) is 0 Å². The van der Waals surface area contributed by atoms with Gasteiger partial charge in [-0.3, -0.25) is 9.10 Å². The first-order valence-electron chi connectivity index (χ1n) is 10.0. The number of sulfonamides is 1. The topological polar surface area (TPSA) is 66.5 Å². The van der Waals surface area contributed by atoms with Crippen LogP contribution in [0.4, 0.5) is 5.69 Å². The molecule has 0 aliphatic rings. The summed E-state index contributed by atoms with van der Waals surface area (Å²) in [6.45, 7) is 11.6. The van der Waals surface area contributed by atoms with Gasteiger partial charge in [0.15, 0.2) is 0 Å². The molecule has 7 heteroatoms. The number of aryl methyl sites for hydroxylation is 4. The van der Waals surface area contributed by atoms with Gasteiger partial charge >= 0.3 is 0 Å². The summed E-state index contributed by atoms with van der Waals surface area (Å²) in [5.74, 6) is -0.340. The molecule has 0 aliphatic carbocycles. The van der Waals surface area contributed by atoms with Crippen LogP contribution >= 0.6 is 11.6 Å². The number of halogens is 1. The molecule has 0 aromatic heterocycles. The Bertz CT molecular complexity index is 1050. The van der Waals surface area contributed by atoms with Gasteiger partial charge in [-0.05, 0) is 81.0 Å². The number of amides is 1. The zero-order chi connectivity index (χ0) is 22.8. The lowest BCUT2D eigenvalue weighted by Gasteiger charge is -2.32. The van der Waals surface area contributed by atoms with Crippen molar-refractivity contribution < 1.29 is 13.2 Å². The van der Waals surface area contributed by atoms with Gasteiger partial charge < -0.3 is 5.32 Å². The molecule has 1 amide bonds. The maximum Gasteiger partial charge on any atom is 0.244 e. The number of benzene rings is 2. The van der Waals surface area contributed by atoms with E-state index in [2.05, 4.69) is 24.4 Å². The average molecular weight is 451 g/mol. The van der Waals surface area contributed by atoms with Crippen LogP contribution in [0.1, 0.15) is 54.1 Å². The second-order valence-corrected chi connectivity index (χ2v) is 10.2. The first-order valence-corrected chi connectivity index (χ1v) is 12.2. The number of nitrogens with zero attached hydrogens (tertiary/aromatic N) is 1. The van der Waals surface area contributed by atoms with Crippen LogP contribution < -0.4 is 9.62 Å². The van der Waals surface area contributed by atoms with E-state index in [0.29, 0.717) is 17.1 Å². The number of anilines is 1. The van der Waals surface area contributed by atoms with Crippen LogP contribution in [0.25, 0.3) is 0 Å². The van der Waals surface area contributed by atoms with E-state index in [1.165, 1.54) is 9.87 Å². The summed E-state index contributed by atoms with van der Waals surface area (Å²) in [6, 6.07) is 8.08. The van der Waals surface area contributed by atoms with E-state index in [0.717, 1.165) is 28.5 Å². The molecule has 0 heterocycles. The minimum atomic E-state index is -3.72. The van der Waals surface area contributed by atoms with E-state index in [1.807, 2.05) is 20.8 Å². The van der Waals surface area contributed by atoms with Gasteiger partial charge in [0.05, 0.1) is 18.0 Å². The van der Waals surface area contributed by atoms with Crippen molar-refractivity contribution in [3.63, 3.8) is 0 Å². The number of carbonyl (C=O) groups excluding carboxylic acids is 1. The number of carbonyl (C=O) groups is 1. The molecular formula is C23H31ClN2O3S. The third-order valence-corrected chi connectivity index (χ3v) is 6.85. The van der Waals surface area contributed by atoms with Gasteiger partial charge in [-0.2, -0.15) is 0 Å². The quantitative estimate of drug-likeness (QED) is 0.645. The smallest absolute Gasteiger partial charge is 0.244 e. The lowest BCUT2D eigenvalue weighted by atomic mass is 9.96. The van der Waals surface area contributed by atoms with Gasteiger partial charge in [0, 0.05) is 5.02 Å². The standard InChI is InChI=1S/C23H31ClN2O3S/c1-8-21(26(30(7,28)29)22-13-19(24)10-9-14(22)2)23(27)25-18(6)20-12-16(4)15(3)11-17(20)5/h9-13,18,21H,8H2,1-7H3,(H,25,27)/t18-,21+/m0/s1. The second-order valence-electron chi connectivity index (χ2n) is 7.94. The molecule has 0 spiro atoms. The van der Waals surface area contributed by atoms with Crippen LogP contribution in [-0.2, 0) is 14.8 Å². The molecule has 2 rings (SSSR count). The molecule has 0 saturated carbocycles. The summed E-state index contributed by atoms with van der Waals surface area (Å²) in [5, 5.41) is 3.43. The van der Waals surface area contributed by atoms with Gasteiger partial charge in [-0.25, -0.2) is 8.42 Å². The van der Waals surface area contributed by atoms with Gasteiger partial charge in [-0.15, -0.1) is 0 Å². The van der Waals surface area contributed by atoms with E-state index in [1.54, 1.807) is 32.0 Å². The molecule has 5 nitrogen and oxygen atoms in total. The Morgan fingerprint density at radius 3 is 2.20 bits per heavy atom. The minimum Gasteiger partial charge on any atom is -0.348 e. The molecular weight excluding hydrogens is 420 g/mol. The largest absolute Gasteiger partial charge is 0.348 e. The highest BCUT2D eigenvalue weighted by Gasteiger charge is 2.33. The van der Waals surface area contributed by atoms with E-state index in [-0.39, 0.29) is 11.9 Å². The number of hydrogen-bond acceptors (Lipinski definition) is 3. The summed E-state index contributed by atoms with van der Waals surface area (Å²) in [7, 11) is -3.72. The second kappa shape index (κ2) is 9.40. The Morgan fingerprint density at radius 1 is 1.03 bits per heavy atom. The Morgan fingerprint density at radius 2 is 1.63 bits per heavy atom. The highest BCUT2D eigenvalue weighted by Crippen LogP contribution is 2.30. The van der Waals surface area contributed by atoms with E-state index in [9.17, 15) is 13.2 Å². The molecule has 164 valence electrons. The van der Waals surface area contributed by atoms with E-state index in [4.69, 9.17) is 11.6 Å². The predicted molar refractivity (Wildman–Crippen MR) is 125 cm³/mol. The van der Waals surface area contributed by atoms with Crippen molar-refractivity contribution in [1.29, 1.82) is 0 Å². The molecule has 0 fully saturated rings. The molecule has 1 N–H and O–H groups in total. The van der Waals surface area contributed by atoms with Crippen molar-refractivity contribution in [3.8, 4) is 0 Å². The van der Waals surface area contributed by atoms with Gasteiger partial charge in [0.25, 0.3) is 0 Å². The first kappa shape index (κ1) is 24.2. The Kier molecular flexibility index (Phi) is 7.59. The Hall–Kier alpha value is -2.05. The van der Waals surface area contributed by atoms with Gasteiger partial charge in [0.2, 0.25) is 15.9 Å². The molecule has 0 unspecified atom stereocenters. The Balaban J connectivity index is 2.41. The Labute approximate surface area is 185 Å². The van der Waals surface area contributed by atoms with Crippen LogP contribution in [0.3, 0.4) is 0 Å². The summed E-state index contributed by atoms with van der Waals surface area (Å²) in [4.78, 5) is 13.2. The molecule has 0 saturated heterocycles. The van der Waals surface area contributed by atoms with Crippen molar-refractivity contribution in [1.82, 2.24) is 5.32 Å². The molecule has 0 bridgehead atoms. The van der Waals surface area contributed by atoms with Crippen molar-refractivity contribution in [2.45, 2.75) is 60.0 Å². The molecule has 0 radical (unpaired) electrons. The third kappa shape index (κ3) is 5.35. The lowest BCUT2D eigenvalue weighted by molar-refractivity contribution is -0.122. The first-order chi connectivity index (χ1) is 13.9. The lowest BCUT2D eigenvalue weighted by Crippen LogP contribution is -2.50. The van der Waals surface area contributed by atoms with Crippen LogP contribution in [0.15, 0.2) is 30.3 Å². The fourth-order valence-corrected chi connectivity index (χ4v) is 5.12. The van der Waals surface area contributed by atoms with Crippen LogP contribution in [0.2, 0.25) is 5.02 Å². The van der Waals surface area contributed by atoms with Crippen molar-refractivity contribution in [2.75, 3.05) is 10.6 Å². The maximum absolute atomic E-state index is 13.2. The molecule has 2 atom stereocenters. The average Bonchev–Trinajstić information content (AvgIpc) is 2.63. The number of rotatable bonds is 7. The van der Waals surface area contributed by atoms with Gasteiger partial charge in [0.1, 0.15) is 6.04 Å². The third-order valence-electron chi connectivity index (χ3n) is 5.45. The zero-order valence-electron chi connectivity index (χ0n) is 18.7. The fraction of sp³-hybridized carbons (Fsp3) is 0.435. The molecule has 0 aliphatic heterocycles. The predicted octanol–water partition coefficient (Wildman–Crippen LogP) is 5.00. The van der Waals surface area contributed by atoms with Crippen molar-refractivity contribution >= 4 is 33.2 Å². The van der Waals surface area contributed by atoms with Crippen LogP contribution in [-0.4, -0.2) is 26.6 Å². The van der Waals surface area contributed by atoms with E-state index < -0.39 is 16.1 Å². The summed E-state index contributed by atoms with van der Waals surface area (Å²) >= 11 is 6.13. The molecule has 2 aromatic rings. The molecule has 30 heavy (non-hydrogen) atoms. The zero-order valence-corrected chi connectivity index (χ0v) is 20.3. The normalized spacial score (nSPS) is 13.6. The van der Waals surface area contributed by atoms with Crippen molar-refractivity contribution in [2.24, 2.45) is 0 Å². The van der Waals surface area contributed by atoms with Gasteiger partial charge in [-0.1, -0.05) is 36.7 Å². The monoisotopic (exact) mass is 450 g/mol. The molecule has 2 aromatic carbocycles. The van der Waals surface area contributed by atoms with Crippen molar-refractivity contribution in [3.05, 3.63) is 63.2 Å². The minimum absolute atomic E-state index is 0.257. The number of hydrogen-bond donors (Lipinski definition) is 1. The fourth-order valence-electron chi connectivity index (χ4n) is 3.69. The highest BCUT2D eigenvalue weighted by atomic mass is 35.5. The SMILES string of the molecule is CC[C@H](C(=O)N[C@@H](C)c1cc(C)c(C)cc1C)N(c1cc(Cl)ccc1C)S(C)(=O)=O. The highest BCUT2D eigenvalue weighted by molar-refractivity contribution is 7.92. The maximum atomic E-state index is 13.2. The van der Waals surface area contributed by atoms with E-state index >= 15 is 0 Å². The summed E-state index contributed by atoms with van der Waals surface area (Å²) in [5.41, 5.74) is 5.60.